The molecule has 60 heavy (non-hydrogen) atoms. The van der Waals surface area contributed by atoms with Crippen LogP contribution in [0, 0.1) is 0 Å². The van der Waals surface area contributed by atoms with Gasteiger partial charge >= 0.3 is 0 Å². The Morgan fingerprint density at radius 1 is 0.250 bits per heavy atom. The highest BCUT2D eigenvalue weighted by molar-refractivity contribution is 6.20. The molecule has 282 valence electrons. The normalized spacial score (nSPS) is 14.6. The molecule has 0 amide bonds. The summed E-state index contributed by atoms with van der Waals surface area (Å²) in [7, 11) is 0. The van der Waals surface area contributed by atoms with Crippen LogP contribution in [-0.4, -0.2) is 0 Å². The molecule has 0 fully saturated rings. The molecule has 0 aliphatic heterocycles. The SMILES string of the molecule is CC1(C)c2cc(-c3cc4ccccc4c4ccccc34)c3ccccc3c2-c2ccc3c(c21)C(C)(C)c1cc(-c2cc4ccccc4c4ccccc24)c2ccccc2c1-3. The van der Waals surface area contributed by atoms with Gasteiger partial charge in [-0.3, -0.25) is 0 Å². The van der Waals surface area contributed by atoms with E-state index in [0.29, 0.717) is 0 Å². The first kappa shape index (κ1) is 33.9. The van der Waals surface area contributed by atoms with Crippen molar-refractivity contribution >= 4 is 64.6 Å². The minimum Gasteiger partial charge on any atom is -0.0616 e. The molecule has 11 aromatic carbocycles. The lowest BCUT2D eigenvalue weighted by molar-refractivity contribution is 0.601. The summed E-state index contributed by atoms with van der Waals surface area (Å²) >= 11 is 0. The minimum atomic E-state index is -0.242. The molecule has 0 bridgehead atoms. The van der Waals surface area contributed by atoms with Crippen molar-refractivity contribution in [2.45, 2.75) is 38.5 Å². The zero-order chi connectivity index (χ0) is 40.1. The third-order valence-corrected chi connectivity index (χ3v) is 14.5. The molecular weight excluding hydrogens is 721 g/mol. The molecule has 2 aliphatic carbocycles. The molecule has 0 N–H and O–H groups in total. The van der Waals surface area contributed by atoms with Crippen molar-refractivity contribution in [2.75, 3.05) is 0 Å². The van der Waals surface area contributed by atoms with Gasteiger partial charge in [0.2, 0.25) is 0 Å². The standard InChI is InChI=1S/C60H42/c1-59(2)53-33-51(49-31-35-17-5-7-19-37(35)39-21-9-11-23-41(39)49)43-25-13-15-27-45(43)55(53)47-29-30-48-56-46-28-16-14-26-44(46)52(34-54(56)60(3,4)58(48)57(47)59)50-32-36-18-6-8-20-38(36)40-22-10-12-24-42(40)50/h5-34H,1-4H3. The lowest BCUT2D eigenvalue weighted by Gasteiger charge is -2.31. The maximum atomic E-state index is 2.56. The summed E-state index contributed by atoms with van der Waals surface area (Å²) in [5.41, 5.74) is 16.1. The summed E-state index contributed by atoms with van der Waals surface area (Å²) < 4.78 is 0. The van der Waals surface area contributed by atoms with Crippen LogP contribution in [0.15, 0.2) is 182 Å². The van der Waals surface area contributed by atoms with Gasteiger partial charge in [-0.1, -0.05) is 185 Å². The van der Waals surface area contributed by atoms with Crippen molar-refractivity contribution in [3.63, 3.8) is 0 Å². The van der Waals surface area contributed by atoms with Crippen LogP contribution >= 0.6 is 0 Å². The highest BCUT2D eigenvalue weighted by atomic mass is 14.5. The predicted octanol–water partition coefficient (Wildman–Crippen LogP) is 16.6. The van der Waals surface area contributed by atoms with E-state index in [2.05, 4.69) is 210 Å². The fourth-order valence-electron chi connectivity index (χ4n) is 11.9. The van der Waals surface area contributed by atoms with Gasteiger partial charge in [-0.05, 0) is 156 Å². The highest BCUT2D eigenvalue weighted by Gasteiger charge is 2.47. The van der Waals surface area contributed by atoms with Gasteiger partial charge < -0.3 is 0 Å². The fraction of sp³-hybridized carbons (Fsp3) is 0.100. The van der Waals surface area contributed by atoms with E-state index in [-0.39, 0.29) is 10.8 Å². The lowest BCUT2D eigenvalue weighted by atomic mass is 9.72. The van der Waals surface area contributed by atoms with E-state index in [1.54, 1.807) is 0 Å². The number of fused-ring (bicyclic) bond motifs is 17. The Bertz CT molecular complexity index is 3460. The van der Waals surface area contributed by atoms with E-state index in [4.69, 9.17) is 0 Å². The third-order valence-electron chi connectivity index (χ3n) is 14.5. The van der Waals surface area contributed by atoms with Crippen LogP contribution in [0.4, 0.5) is 0 Å². The van der Waals surface area contributed by atoms with Crippen molar-refractivity contribution in [1.82, 2.24) is 0 Å². The average molecular weight is 763 g/mol. The molecular formula is C60H42. The second kappa shape index (κ2) is 11.8. The summed E-state index contributed by atoms with van der Waals surface area (Å²) in [6.07, 6.45) is 0. The molecule has 0 aromatic heterocycles. The molecule has 0 saturated heterocycles. The quantitative estimate of drug-likeness (QED) is 0.154. The van der Waals surface area contributed by atoms with Gasteiger partial charge in [0, 0.05) is 10.8 Å². The highest BCUT2D eigenvalue weighted by Crippen LogP contribution is 2.62. The Morgan fingerprint density at radius 2 is 0.533 bits per heavy atom. The first-order chi connectivity index (χ1) is 29.3. The molecule has 0 heterocycles. The summed E-state index contributed by atoms with van der Waals surface area (Å²) in [5, 5.41) is 15.6. The van der Waals surface area contributed by atoms with E-state index >= 15 is 0 Å². The number of benzene rings is 11. The predicted molar refractivity (Wildman–Crippen MR) is 257 cm³/mol. The number of rotatable bonds is 2. The lowest BCUT2D eigenvalue weighted by Crippen LogP contribution is -2.24. The van der Waals surface area contributed by atoms with Gasteiger partial charge in [0.1, 0.15) is 0 Å². The van der Waals surface area contributed by atoms with Gasteiger partial charge in [0.15, 0.2) is 0 Å². The maximum absolute atomic E-state index is 2.56. The second-order valence-corrected chi connectivity index (χ2v) is 18.3. The summed E-state index contributed by atoms with van der Waals surface area (Å²) in [6, 6.07) is 68.9. The zero-order valence-corrected chi connectivity index (χ0v) is 34.3. The van der Waals surface area contributed by atoms with Gasteiger partial charge in [-0.25, -0.2) is 0 Å². The summed E-state index contributed by atoms with van der Waals surface area (Å²) in [5.74, 6) is 0. The Balaban J connectivity index is 1.07. The molecule has 0 saturated carbocycles. The Kier molecular flexibility index (Phi) is 6.67. The molecule has 11 aromatic rings. The Morgan fingerprint density at radius 3 is 0.917 bits per heavy atom. The minimum absolute atomic E-state index is 0.242. The van der Waals surface area contributed by atoms with Crippen molar-refractivity contribution in [3.8, 4) is 44.5 Å². The largest absolute Gasteiger partial charge is 0.0616 e. The molecule has 0 unspecified atom stereocenters. The van der Waals surface area contributed by atoms with Crippen molar-refractivity contribution in [1.29, 1.82) is 0 Å². The van der Waals surface area contributed by atoms with Crippen molar-refractivity contribution in [3.05, 3.63) is 204 Å². The topological polar surface area (TPSA) is 0 Å². The summed E-state index contributed by atoms with van der Waals surface area (Å²) in [6.45, 7) is 9.94. The van der Waals surface area contributed by atoms with Crippen LogP contribution in [0.3, 0.4) is 0 Å². The van der Waals surface area contributed by atoms with Gasteiger partial charge in [-0.15, -0.1) is 0 Å². The number of hydrogen-bond acceptors (Lipinski definition) is 0. The van der Waals surface area contributed by atoms with Gasteiger partial charge in [-0.2, -0.15) is 0 Å². The summed E-state index contributed by atoms with van der Waals surface area (Å²) in [4.78, 5) is 0. The Labute approximate surface area is 350 Å². The van der Waals surface area contributed by atoms with Crippen LogP contribution in [0.5, 0.6) is 0 Å². The molecule has 0 heteroatoms. The van der Waals surface area contributed by atoms with Crippen molar-refractivity contribution in [2.24, 2.45) is 0 Å². The van der Waals surface area contributed by atoms with Crippen LogP contribution in [0.2, 0.25) is 0 Å². The first-order valence-electron chi connectivity index (χ1n) is 21.4. The van der Waals surface area contributed by atoms with E-state index in [1.807, 2.05) is 0 Å². The molecule has 13 rings (SSSR count). The van der Waals surface area contributed by atoms with Crippen LogP contribution in [0.1, 0.15) is 49.9 Å². The molecule has 2 aliphatic rings. The van der Waals surface area contributed by atoms with Gasteiger partial charge in [0.25, 0.3) is 0 Å². The monoisotopic (exact) mass is 762 g/mol. The first-order valence-corrected chi connectivity index (χ1v) is 21.4. The third kappa shape index (κ3) is 4.31. The maximum Gasteiger partial charge on any atom is 0.0162 e. The van der Waals surface area contributed by atoms with E-state index in [0.717, 1.165) is 0 Å². The molecule has 0 spiro atoms. The van der Waals surface area contributed by atoms with E-state index < -0.39 is 0 Å². The second-order valence-electron chi connectivity index (χ2n) is 18.3. The van der Waals surface area contributed by atoms with Crippen LogP contribution in [-0.2, 0) is 10.8 Å². The average Bonchev–Trinajstić information content (AvgIpc) is 3.67. The molecule has 0 radical (unpaired) electrons. The smallest absolute Gasteiger partial charge is 0.0162 e. The van der Waals surface area contributed by atoms with Crippen molar-refractivity contribution < 1.29 is 0 Å². The zero-order valence-electron chi connectivity index (χ0n) is 34.3. The van der Waals surface area contributed by atoms with E-state index in [9.17, 15) is 0 Å². The van der Waals surface area contributed by atoms with E-state index in [1.165, 1.54) is 131 Å². The van der Waals surface area contributed by atoms with Gasteiger partial charge in [0.05, 0.1) is 0 Å². The molecule has 0 nitrogen and oxygen atoms in total. The van der Waals surface area contributed by atoms with Crippen LogP contribution in [0.25, 0.3) is 109 Å². The van der Waals surface area contributed by atoms with Crippen LogP contribution < -0.4 is 0 Å². The number of hydrogen-bond donors (Lipinski definition) is 0. The molecule has 0 atom stereocenters. The Hall–Kier alpha value is -7.02. The fourth-order valence-corrected chi connectivity index (χ4v) is 11.9.